The molecule has 8 heteroatoms. The van der Waals surface area contributed by atoms with Gasteiger partial charge >= 0.3 is 0 Å². The molecular weight excluding hydrogens is 345 g/mol. The maximum atomic E-state index is 14.3. The van der Waals surface area contributed by atoms with Gasteiger partial charge in [-0.25, -0.2) is 18.2 Å². The molecule has 0 radical (unpaired) electrons. The van der Waals surface area contributed by atoms with Crippen molar-refractivity contribution >= 4 is 23.3 Å². The number of aliphatic imine (C=N–C) groups is 1. The lowest BCUT2D eigenvalue weighted by Crippen LogP contribution is -2.22. The summed E-state index contributed by atoms with van der Waals surface area (Å²) in [5.41, 5.74) is 5.48. The summed E-state index contributed by atoms with van der Waals surface area (Å²) < 4.78 is 47.0. The number of nitrogens with one attached hydrogen (secondary N) is 2. The average Bonchev–Trinajstić information content (AvgIpc) is 2.59. The fourth-order valence-electron chi connectivity index (χ4n) is 2.06. The molecule has 26 heavy (non-hydrogen) atoms. The van der Waals surface area contributed by atoms with Crippen molar-refractivity contribution in [3.8, 4) is 0 Å². The van der Waals surface area contributed by atoms with Crippen molar-refractivity contribution in [2.75, 3.05) is 11.9 Å². The van der Waals surface area contributed by atoms with Gasteiger partial charge in [0.2, 0.25) is 5.90 Å². The molecule has 0 fully saturated rings. The van der Waals surface area contributed by atoms with Crippen LogP contribution < -0.4 is 11.1 Å². The van der Waals surface area contributed by atoms with Crippen LogP contribution in [0.3, 0.4) is 0 Å². The lowest BCUT2D eigenvalue weighted by Gasteiger charge is -2.15. The molecule has 0 saturated heterocycles. The Balaban J connectivity index is 2.40. The van der Waals surface area contributed by atoms with E-state index in [0.717, 1.165) is 12.1 Å². The number of halogens is 3. The van der Waals surface area contributed by atoms with Crippen LogP contribution in [0.5, 0.6) is 0 Å². The highest BCUT2D eigenvalue weighted by atomic mass is 19.2. The molecule has 0 aliphatic heterocycles. The third-order valence-corrected chi connectivity index (χ3v) is 3.31. The van der Waals surface area contributed by atoms with Crippen molar-refractivity contribution in [3.63, 3.8) is 0 Å². The Hall–Kier alpha value is -3.29. The smallest absolute Gasteiger partial charge is 0.289 e. The van der Waals surface area contributed by atoms with E-state index < -0.39 is 29.0 Å². The Morgan fingerprint density at radius 3 is 2.65 bits per heavy atom. The monoisotopic (exact) mass is 362 g/mol. The van der Waals surface area contributed by atoms with Crippen LogP contribution in [0.2, 0.25) is 0 Å². The van der Waals surface area contributed by atoms with Crippen LogP contribution in [0.15, 0.2) is 48.0 Å². The van der Waals surface area contributed by atoms with Gasteiger partial charge in [-0.3, -0.25) is 5.41 Å². The van der Waals surface area contributed by atoms with Crippen LogP contribution in [-0.4, -0.2) is 18.5 Å². The number of nitrogens with two attached hydrogens (primary N) is 1. The Labute approximate surface area is 148 Å². The number of hydrogen-bond donors (Lipinski definition) is 3. The van der Waals surface area contributed by atoms with E-state index in [2.05, 4.69) is 16.9 Å². The van der Waals surface area contributed by atoms with Gasteiger partial charge in [-0.1, -0.05) is 12.1 Å². The van der Waals surface area contributed by atoms with Crippen LogP contribution in [0, 0.1) is 29.8 Å². The second-order valence-electron chi connectivity index (χ2n) is 5.29. The third kappa shape index (κ3) is 4.41. The second kappa shape index (κ2) is 8.19. The number of hydrogen-bond acceptors (Lipinski definition) is 4. The van der Waals surface area contributed by atoms with E-state index in [1.165, 1.54) is 18.2 Å². The van der Waals surface area contributed by atoms with Crippen LogP contribution in [0.1, 0.15) is 11.1 Å². The lowest BCUT2D eigenvalue weighted by atomic mass is 10.1. The van der Waals surface area contributed by atoms with E-state index in [1.54, 1.807) is 13.0 Å². The average molecular weight is 362 g/mol. The first-order valence-corrected chi connectivity index (χ1v) is 7.52. The Morgan fingerprint density at radius 1 is 1.27 bits per heavy atom. The van der Waals surface area contributed by atoms with Gasteiger partial charge in [0.25, 0.3) is 6.02 Å². The quantitative estimate of drug-likeness (QED) is 0.427. The van der Waals surface area contributed by atoms with Crippen molar-refractivity contribution in [1.82, 2.24) is 0 Å². The summed E-state index contributed by atoms with van der Waals surface area (Å²) in [4.78, 5) is 3.75. The van der Waals surface area contributed by atoms with Crippen molar-refractivity contribution in [3.05, 3.63) is 71.6 Å². The first-order chi connectivity index (χ1) is 12.3. The number of ether oxygens (including phenoxy) is 1. The summed E-state index contributed by atoms with van der Waals surface area (Å²) in [5, 5.41) is 10.4. The molecule has 0 spiro atoms. The number of rotatable bonds is 5. The van der Waals surface area contributed by atoms with Gasteiger partial charge in [0, 0.05) is 0 Å². The van der Waals surface area contributed by atoms with Crippen molar-refractivity contribution in [2.45, 2.75) is 6.92 Å². The van der Waals surface area contributed by atoms with Crippen molar-refractivity contribution in [1.29, 1.82) is 5.41 Å². The SMILES string of the molecule is C=CCN=C(N)OC(=N)c1ccc(F)c(F)c1Nc1ccc(C)cc1F. The Bertz CT molecular complexity index is 881. The minimum atomic E-state index is -1.28. The highest BCUT2D eigenvalue weighted by Crippen LogP contribution is 2.28. The van der Waals surface area contributed by atoms with E-state index in [0.29, 0.717) is 5.56 Å². The van der Waals surface area contributed by atoms with E-state index in [9.17, 15) is 13.2 Å². The molecule has 136 valence electrons. The number of nitrogens with zero attached hydrogens (tertiary/aromatic N) is 1. The first-order valence-electron chi connectivity index (χ1n) is 7.52. The summed E-state index contributed by atoms with van der Waals surface area (Å²) in [7, 11) is 0. The van der Waals surface area contributed by atoms with Gasteiger partial charge in [0.05, 0.1) is 23.5 Å². The molecule has 0 aliphatic carbocycles. The molecule has 2 rings (SSSR count). The zero-order chi connectivity index (χ0) is 19.3. The maximum absolute atomic E-state index is 14.3. The molecule has 4 N–H and O–H groups in total. The fraction of sp³-hybridized carbons (Fsp3) is 0.111. The number of aryl methyl sites for hydroxylation is 1. The molecule has 0 aliphatic rings. The Morgan fingerprint density at radius 2 is 2.00 bits per heavy atom. The fourth-order valence-corrected chi connectivity index (χ4v) is 2.06. The van der Waals surface area contributed by atoms with Gasteiger partial charge < -0.3 is 15.8 Å². The molecule has 0 saturated carbocycles. The van der Waals surface area contributed by atoms with Crippen LogP contribution in [0.25, 0.3) is 0 Å². The van der Waals surface area contributed by atoms with Gasteiger partial charge in [0.1, 0.15) is 5.82 Å². The number of benzene rings is 2. The normalized spacial score (nSPS) is 11.2. The van der Waals surface area contributed by atoms with Crippen LogP contribution >= 0.6 is 0 Å². The van der Waals surface area contributed by atoms with Crippen LogP contribution in [0.4, 0.5) is 24.5 Å². The number of anilines is 2. The van der Waals surface area contributed by atoms with E-state index in [-0.39, 0.29) is 23.8 Å². The van der Waals surface area contributed by atoms with Crippen LogP contribution in [-0.2, 0) is 4.74 Å². The number of amidine groups is 1. The topological polar surface area (TPSA) is 83.5 Å². The van der Waals surface area contributed by atoms with Crippen molar-refractivity contribution in [2.24, 2.45) is 10.7 Å². The maximum Gasteiger partial charge on any atom is 0.289 e. The minimum Gasteiger partial charge on any atom is -0.407 e. The van der Waals surface area contributed by atoms with E-state index >= 15 is 0 Å². The first kappa shape index (κ1) is 19.0. The summed E-state index contributed by atoms with van der Waals surface area (Å²) in [5.74, 6) is -3.68. The van der Waals surface area contributed by atoms with E-state index in [1.807, 2.05) is 0 Å². The molecular formula is C18H17F3N4O. The molecule has 2 aromatic carbocycles. The molecule has 0 heterocycles. The lowest BCUT2D eigenvalue weighted by molar-refractivity contribution is 0.507. The highest BCUT2D eigenvalue weighted by molar-refractivity contribution is 6.03. The predicted molar refractivity (Wildman–Crippen MR) is 95.4 cm³/mol. The summed E-state index contributed by atoms with van der Waals surface area (Å²) >= 11 is 0. The zero-order valence-electron chi connectivity index (χ0n) is 13.9. The molecule has 0 amide bonds. The van der Waals surface area contributed by atoms with Gasteiger partial charge in [-0.2, -0.15) is 0 Å². The molecule has 0 atom stereocenters. The Kier molecular flexibility index (Phi) is 6.00. The third-order valence-electron chi connectivity index (χ3n) is 3.31. The zero-order valence-corrected chi connectivity index (χ0v) is 13.9. The molecule has 5 nitrogen and oxygen atoms in total. The largest absolute Gasteiger partial charge is 0.407 e. The summed E-state index contributed by atoms with van der Waals surface area (Å²) in [6.07, 6.45) is 1.46. The summed E-state index contributed by atoms with van der Waals surface area (Å²) in [6.45, 7) is 5.31. The minimum absolute atomic E-state index is 0.0811. The predicted octanol–water partition coefficient (Wildman–Crippen LogP) is 4.00. The molecule has 2 aromatic rings. The highest BCUT2D eigenvalue weighted by Gasteiger charge is 2.20. The van der Waals surface area contributed by atoms with Crippen molar-refractivity contribution < 1.29 is 17.9 Å². The van der Waals surface area contributed by atoms with Gasteiger partial charge in [-0.15, -0.1) is 6.58 Å². The molecule has 0 unspecified atom stereocenters. The van der Waals surface area contributed by atoms with Gasteiger partial charge in [-0.05, 0) is 36.8 Å². The molecule has 0 aromatic heterocycles. The standard InChI is InChI=1S/C18H17F3N4O/c1-3-8-24-18(23)26-17(22)11-5-6-12(19)15(21)16(11)25-14-7-4-10(2)9-13(14)20/h3-7,9,22,25H,1,8H2,2H3,(H2,23,24). The van der Waals surface area contributed by atoms with E-state index in [4.69, 9.17) is 15.9 Å². The second-order valence-corrected chi connectivity index (χ2v) is 5.29. The summed E-state index contributed by atoms with van der Waals surface area (Å²) in [6, 6.07) is 5.83. The van der Waals surface area contributed by atoms with Gasteiger partial charge in [0.15, 0.2) is 11.6 Å². The molecule has 0 bridgehead atoms.